The lowest BCUT2D eigenvalue weighted by atomic mass is 10.3. The molecule has 1 fully saturated rings. The van der Waals surface area contributed by atoms with Gasteiger partial charge in [0.25, 0.3) is 0 Å². The molecule has 3 heterocycles. The molecule has 0 aromatic carbocycles. The molecule has 0 spiro atoms. The minimum Gasteiger partial charge on any atom is -0.469 e. The smallest absolute Gasteiger partial charge is 0.243 e. The Hall–Kier alpha value is -3.03. The minimum absolute atomic E-state index is 0.0162. The number of hydrogen-bond acceptors (Lipinski definition) is 5. The maximum atomic E-state index is 12.0. The summed E-state index contributed by atoms with van der Waals surface area (Å²) in [7, 11) is 3.49. The first-order valence-corrected chi connectivity index (χ1v) is 9.55. The van der Waals surface area contributed by atoms with Crippen molar-refractivity contribution in [3.05, 3.63) is 48.6 Å². The van der Waals surface area contributed by atoms with E-state index in [2.05, 4.69) is 25.1 Å². The zero-order chi connectivity index (χ0) is 19.8. The second-order valence-corrected chi connectivity index (χ2v) is 6.85. The molecule has 2 aromatic heterocycles. The van der Waals surface area contributed by atoms with Gasteiger partial charge in [-0.15, -0.1) is 0 Å². The molecule has 0 unspecified atom stereocenters. The van der Waals surface area contributed by atoms with Gasteiger partial charge in [0.05, 0.1) is 6.26 Å². The molecule has 150 valence electrons. The van der Waals surface area contributed by atoms with Gasteiger partial charge in [-0.3, -0.25) is 4.79 Å². The molecule has 1 aliphatic heterocycles. The third kappa shape index (κ3) is 5.48. The average Bonchev–Trinajstić information content (AvgIpc) is 3.24. The molecule has 8 heteroatoms. The van der Waals surface area contributed by atoms with E-state index in [-0.39, 0.29) is 12.5 Å². The number of nitrogens with zero attached hydrogens (tertiary/aromatic N) is 5. The Kier molecular flexibility index (Phi) is 6.89. The van der Waals surface area contributed by atoms with Gasteiger partial charge in [-0.25, -0.2) is 9.98 Å². The molecule has 2 aromatic rings. The van der Waals surface area contributed by atoms with E-state index in [1.807, 2.05) is 36.5 Å². The van der Waals surface area contributed by atoms with Gasteiger partial charge in [0.15, 0.2) is 5.96 Å². The summed E-state index contributed by atoms with van der Waals surface area (Å²) in [6.07, 6.45) is 4.26. The summed E-state index contributed by atoms with van der Waals surface area (Å²) in [5.74, 6) is 2.67. The van der Waals surface area contributed by atoms with Gasteiger partial charge >= 0.3 is 0 Å². The number of piperazine rings is 1. The van der Waals surface area contributed by atoms with Crippen LogP contribution in [0, 0.1) is 0 Å². The topological polar surface area (TPSA) is 77.2 Å². The summed E-state index contributed by atoms with van der Waals surface area (Å²) in [6.45, 7) is 4.19. The number of carbonyl (C=O) groups excluding carboxylic acids is 1. The highest BCUT2D eigenvalue weighted by Gasteiger charge is 2.21. The zero-order valence-electron chi connectivity index (χ0n) is 16.5. The van der Waals surface area contributed by atoms with Gasteiger partial charge in [0.2, 0.25) is 5.91 Å². The summed E-state index contributed by atoms with van der Waals surface area (Å²) < 4.78 is 5.39. The lowest BCUT2D eigenvalue weighted by molar-refractivity contribution is -0.127. The van der Waals surface area contributed by atoms with E-state index in [4.69, 9.17) is 4.42 Å². The lowest BCUT2D eigenvalue weighted by Crippen LogP contribution is -2.53. The van der Waals surface area contributed by atoms with Crippen molar-refractivity contribution < 1.29 is 9.21 Å². The van der Waals surface area contributed by atoms with Crippen molar-refractivity contribution in [2.75, 3.05) is 58.3 Å². The van der Waals surface area contributed by atoms with E-state index >= 15 is 0 Å². The number of likely N-dealkylation sites (N-methyl/N-ethyl adjacent to an activating group) is 1. The Morgan fingerprint density at radius 2 is 2.04 bits per heavy atom. The molecular formula is C20H28N6O2. The minimum atomic E-state index is -0.0162. The third-order valence-corrected chi connectivity index (χ3v) is 4.65. The van der Waals surface area contributed by atoms with Crippen LogP contribution < -0.4 is 10.2 Å². The maximum absolute atomic E-state index is 12.0. The van der Waals surface area contributed by atoms with Gasteiger partial charge in [0.1, 0.15) is 18.1 Å². The van der Waals surface area contributed by atoms with Crippen molar-refractivity contribution in [1.82, 2.24) is 20.1 Å². The molecule has 1 amide bonds. The zero-order valence-corrected chi connectivity index (χ0v) is 16.5. The number of carbonyl (C=O) groups is 1. The number of rotatable bonds is 6. The molecule has 0 bridgehead atoms. The molecule has 0 radical (unpaired) electrons. The Balaban J connectivity index is 1.59. The van der Waals surface area contributed by atoms with Crippen LogP contribution in [0.25, 0.3) is 0 Å². The van der Waals surface area contributed by atoms with Crippen molar-refractivity contribution >= 4 is 17.7 Å². The quantitative estimate of drug-likeness (QED) is 0.593. The standard InChI is InChI=1S/C20H28N6O2/c1-24(2)19(27)16-23-20(22-10-8-17-6-5-15-28-17)26-13-11-25(12-14-26)18-7-3-4-9-21-18/h3-7,9,15H,8,10-14,16H2,1-2H3,(H,22,23). The van der Waals surface area contributed by atoms with Crippen LogP contribution in [-0.4, -0.2) is 80.0 Å². The molecule has 8 nitrogen and oxygen atoms in total. The Labute approximate surface area is 165 Å². The first kappa shape index (κ1) is 19.7. The highest BCUT2D eigenvalue weighted by atomic mass is 16.3. The SMILES string of the molecule is CN(C)C(=O)CN=C(NCCc1ccco1)N1CCN(c2ccccn2)CC1. The van der Waals surface area contributed by atoms with Crippen molar-refractivity contribution in [1.29, 1.82) is 0 Å². The Morgan fingerprint density at radius 3 is 2.68 bits per heavy atom. The highest BCUT2D eigenvalue weighted by Crippen LogP contribution is 2.12. The second kappa shape index (κ2) is 9.77. The molecule has 0 aliphatic carbocycles. The van der Waals surface area contributed by atoms with E-state index in [9.17, 15) is 4.79 Å². The lowest BCUT2D eigenvalue weighted by Gasteiger charge is -2.37. The summed E-state index contributed by atoms with van der Waals surface area (Å²) in [5.41, 5.74) is 0. The second-order valence-electron chi connectivity index (χ2n) is 6.85. The van der Waals surface area contributed by atoms with Crippen LogP contribution in [0.3, 0.4) is 0 Å². The predicted molar refractivity (Wildman–Crippen MR) is 109 cm³/mol. The van der Waals surface area contributed by atoms with Crippen LogP contribution in [0.5, 0.6) is 0 Å². The van der Waals surface area contributed by atoms with Crippen molar-refractivity contribution in [3.63, 3.8) is 0 Å². The average molecular weight is 384 g/mol. The Morgan fingerprint density at radius 1 is 1.21 bits per heavy atom. The fourth-order valence-electron chi connectivity index (χ4n) is 2.99. The fourth-order valence-corrected chi connectivity index (χ4v) is 2.99. The van der Waals surface area contributed by atoms with E-state index in [1.54, 1.807) is 25.3 Å². The molecule has 0 saturated carbocycles. The number of aliphatic imine (C=N–C) groups is 1. The summed E-state index contributed by atoms with van der Waals surface area (Å²) in [6, 6.07) is 9.80. The first-order valence-electron chi connectivity index (χ1n) is 9.55. The molecule has 1 saturated heterocycles. The number of anilines is 1. The summed E-state index contributed by atoms with van der Waals surface area (Å²) >= 11 is 0. The molecule has 3 rings (SSSR count). The van der Waals surface area contributed by atoms with Crippen LogP contribution >= 0.6 is 0 Å². The van der Waals surface area contributed by atoms with Crippen molar-refractivity contribution in [2.45, 2.75) is 6.42 Å². The van der Waals surface area contributed by atoms with E-state index in [0.717, 1.165) is 50.1 Å². The fraction of sp³-hybridized carbons (Fsp3) is 0.450. The van der Waals surface area contributed by atoms with Crippen molar-refractivity contribution in [2.24, 2.45) is 4.99 Å². The Bertz CT molecular complexity index is 752. The van der Waals surface area contributed by atoms with Gasteiger partial charge in [-0.2, -0.15) is 0 Å². The van der Waals surface area contributed by atoms with Crippen LogP contribution in [0.4, 0.5) is 5.82 Å². The molecule has 28 heavy (non-hydrogen) atoms. The van der Waals surface area contributed by atoms with Crippen LogP contribution in [0.15, 0.2) is 52.2 Å². The normalized spacial score (nSPS) is 14.9. The number of guanidine groups is 1. The maximum Gasteiger partial charge on any atom is 0.243 e. The van der Waals surface area contributed by atoms with Crippen LogP contribution in [0.1, 0.15) is 5.76 Å². The van der Waals surface area contributed by atoms with Crippen LogP contribution in [0.2, 0.25) is 0 Å². The monoisotopic (exact) mass is 384 g/mol. The molecule has 1 aliphatic rings. The number of furan rings is 1. The van der Waals surface area contributed by atoms with Gasteiger partial charge in [-0.1, -0.05) is 6.07 Å². The number of hydrogen-bond donors (Lipinski definition) is 1. The van der Waals surface area contributed by atoms with Gasteiger partial charge in [0, 0.05) is 59.4 Å². The molecule has 0 atom stereocenters. The third-order valence-electron chi connectivity index (χ3n) is 4.65. The summed E-state index contributed by atoms with van der Waals surface area (Å²) in [5, 5.41) is 3.39. The largest absolute Gasteiger partial charge is 0.469 e. The molecular weight excluding hydrogens is 356 g/mol. The van der Waals surface area contributed by atoms with E-state index in [1.165, 1.54) is 0 Å². The predicted octanol–water partition coefficient (Wildman–Crippen LogP) is 1.07. The summed E-state index contributed by atoms with van der Waals surface area (Å²) in [4.78, 5) is 27.0. The van der Waals surface area contributed by atoms with Gasteiger partial charge < -0.3 is 24.4 Å². The van der Waals surface area contributed by atoms with E-state index in [0.29, 0.717) is 6.54 Å². The number of pyridine rings is 1. The highest BCUT2D eigenvalue weighted by molar-refractivity contribution is 5.85. The van der Waals surface area contributed by atoms with Gasteiger partial charge in [-0.05, 0) is 24.3 Å². The first-order chi connectivity index (χ1) is 13.6. The van der Waals surface area contributed by atoms with E-state index < -0.39 is 0 Å². The number of amides is 1. The van der Waals surface area contributed by atoms with Crippen LogP contribution in [-0.2, 0) is 11.2 Å². The number of nitrogens with one attached hydrogen (secondary N) is 1. The number of aromatic nitrogens is 1. The van der Waals surface area contributed by atoms with Crippen molar-refractivity contribution in [3.8, 4) is 0 Å². The molecule has 1 N–H and O–H groups in total.